The van der Waals surface area contributed by atoms with Crippen molar-refractivity contribution in [1.29, 1.82) is 0 Å². The summed E-state index contributed by atoms with van der Waals surface area (Å²) in [6.07, 6.45) is 0.634. The highest BCUT2D eigenvalue weighted by atomic mass is 19.4. The molecule has 0 unspecified atom stereocenters. The minimum atomic E-state index is -4.28. The fraction of sp³-hybridized carbons (Fsp3) is 0.647. The van der Waals surface area contributed by atoms with E-state index in [1.807, 2.05) is 4.90 Å². The van der Waals surface area contributed by atoms with Gasteiger partial charge in [-0.25, -0.2) is 0 Å². The quantitative estimate of drug-likeness (QED) is 0.718. The molecule has 0 saturated carbocycles. The van der Waals surface area contributed by atoms with Crippen molar-refractivity contribution in [3.63, 3.8) is 0 Å². The van der Waals surface area contributed by atoms with Gasteiger partial charge in [-0.1, -0.05) is 38.3 Å². The number of benzene rings is 1. The lowest BCUT2D eigenvalue weighted by Crippen LogP contribution is -2.47. The van der Waals surface area contributed by atoms with Gasteiger partial charge >= 0.3 is 6.18 Å². The molecule has 2 nitrogen and oxygen atoms in total. The van der Waals surface area contributed by atoms with Crippen LogP contribution in [0.5, 0.6) is 0 Å². The number of halogens is 3. The second-order valence-electron chi connectivity index (χ2n) is 5.90. The molecular weight excluding hydrogens is 289 g/mol. The third kappa shape index (κ3) is 4.63. The van der Waals surface area contributed by atoms with Gasteiger partial charge in [0.15, 0.2) is 0 Å². The first-order valence-electron chi connectivity index (χ1n) is 8.16. The Balaban J connectivity index is 1.90. The second-order valence-corrected chi connectivity index (χ2v) is 5.90. The molecule has 0 amide bonds. The lowest BCUT2D eigenvalue weighted by molar-refractivity contribution is -0.137. The number of hydrogen-bond acceptors (Lipinski definition) is 2. The highest BCUT2D eigenvalue weighted by molar-refractivity contribution is 5.55. The Hall–Kier alpha value is -1.23. The third-order valence-corrected chi connectivity index (χ3v) is 4.25. The van der Waals surface area contributed by atoms with Crippen LogP contribution >= 0.6 is 0 Å². The summed E-state index contributed by atoms with van der Waals surface area (Å²) >= 11 is 0. The van der Waals surface area contributed by atoms with Crippen molar-refractivity contribution >= 4 is 5.69 Å². The van der Waals surface area contributed by atoms with Crippen LogP contribution in [0.2, 0.25) is 0 Å². The lowest BCUT2D eigenvalue weighted by atomic mass is 10.1. The number of unbranched alkanes of at least 4 members (excludes halogenated alkanes) is 3. The van der Waals surface area contributed by atoms with Crippen LogP contribution in [0, 0.1) is 0 Å². The van der Waals surface area contributed by atoms with Crippen molar-refractivity contribution < 1.29 is 13.2 Å². The Morgan fingerprint density at radius 1 is 0.955 bits per heavy atom. The summed E-state index contributed by atoms with van der Waals surface area (Å²) in [5, 5.41) is 0. The molecule has 1 aromatic rings. The number of nitrogens with zero attached hydrogens (tertiary/aromatic N) is 2. The van der Waals surface area contributed by atoms with Crippen molar-refractivity contribution in [2.45, 2.75) is 38.8 Å². The van der Waals surface area contributed by atoms with Crippen molar-refractivity contribution in [3.05, 3.63) is 29.8 Å². The number of anilines is 1. The number of alkyl halides is 3. The number of rotatable bonds is 6. The van der Waals surface area contributed by atoms with Crippen molar-refractivity contribution in [2.75, 3.05) is 37.6 Å². The molecule has 0 aliphatic carbocycles. The average Bonchev–Trinajstić information content (AvgIpc) is 2.51. The summed E-state index contributed by atoms with van der Waals surface area (Å²) in [5.74, 6) is 0. The molecule has 5 heteroatoms. The van der Waals surface area contributed by atoms with E-state index in [1.165, 1.54) is 37.8 Å². The fourth-order valence-corrected chi connectivity index (χ4v) is 2.96. The van der Waals surface area contributed by atoms with Gasteiger partial charge in [-0.05, 0) is 25.1 Å². The first kappa shape index (κ1) is 17.1. The van der Waals surface area contributed by atoms with Crippen LogP contribution in [0.1, 0.15) is 38.2 Å². The molecule has 0 bridgehead atoms. The van der Waals surface area contributed by atoms with E-state index < -0.39 is 11.7 Å². The van der Waals surface area contributed by atoms with Crippen LogP contribution in [-0.4, -0.2) is 37.6 Å². The van der Waals surface area contributed by atoms with E-state index in [9.17, 15) is 13.2 Å². The first-order chi connectivity index (χ1) is 10.5. The lowest BCUT2D eigenvalue weighted by Gasteiger charge is -2.37. The van der Waals surface area contributed by atoms with E-state index in [0.717, 1.165) is 19.6 Å². The van der Waals surface area contributed by atoms with Gasteiger partial charge < -0.3 is 4.90 Å². The topological polar surface area (TPSA) is 6.48 Å². The molecule has 22 heavy (non-hydrogen) atoms. The fourth-order valence-electron chi connectivity index (χ4n) is 2.96. The SMILES string of the molecule is CCCCCCN1CCN(c2ccccc2C(F)(F)F)CC1. The molecule has 1 fully saturated rings. The maximum atomic E-state index is 13.1. The van der Waals surface area contributed by atoms with Crippen LogP contribution in [0.4, 0.5) is 18.9 Å². The summed E-state index contributed by atoms with van der Waals surface area (Å²) in [5.41, 5.74) is -0.202. The van der Waals surface area contributed by atoms with E-state index in [-0.39, 0.29) is 0 Å². The number of para-hydroxylation sites is 1. The zero-order valence-corrected chi connectivity index (χ0v) is 13.2. The van der Waals surface area contributed by atoms with Crippen molar-refractivity contribution in [3.8, 4) is 0 Å². The Morgan fingerprint density at radius 2 is 1.64 bits per heavy atom. The maximum Gasteiger partial charge on any atom is 0.418 e. The Bertz CT molecular complexity index is 451. The molecule has 124 valence electrons. The predicted molar refractivity (Wildman–Crippen MR) is 84.2 cm³/mol. The van der Waals surface area contributed by atoms with E-state index in [2.05, 4.69) is 11.8 Å². The van der Waals surface area contributed by atoms with E-state index in [0.29, 0.717) is 18.8 Å². The van der Waals surface area contributed by atoms with Gasteiger partial charge in [0.05, 0.1) is 5.56 Å². The van der Waals surface area contributed by atoms with E-state index >= 15 is 0 Å². The molecule has 0 N–H and O–H groups in total. The molecule has 1 saturated heterocycles. The molecular formula is C17H25F3N2. The number of piperazine rings is 1. The van der Waals surface area contributed by atoms with Crippen molar-refractivity contribution in [2.24, 2.45) is 0 Å². The number of hydrogen-bond donors (Lipinski definition) is 0. The average molecular weight is 314 g/mol. The smallest absolute Gasteiger partial charge is 0.368 e. The largest absolute Gasteiger partial charge is 0.418 e. The molecule has 2 rings (SSSR count). The summed E-state index contributed by atoms with van der Waals surface area (Å²) < 4.78 is 39.2. The highest BCUT2D eigenvalue weighted by Crippen LogP contribution is 2.36. The van der Waals surface area contributed by atoms with E-state index in [1.54, 1.807) is 12.1 Å². The predicted octanol–water partition coefficient (Wildman–Crippen LogP) is 4.41. The summed E-state index contributed by atoms with van der Waals surface area (Å²) in [6.45, 7) is 6.28. The standard InChI is InChI=1S/C17H25F3N2/c1-2-3-4-7-10-21-11-13-22(14-12-21)16-9-6-5-8-15(16)17(18,19)20/h5-6,8-9H,2-4,7,10-14H2,1H3. The Morgan fingerprint density at radius 3 is 2.27 bits per heavy atom. The normalized spacial score (nSPS) is 17.0. The molecule has 1 aromatic carbocycles. The molecule has 0 aromatic heterocycles. The second kappa shape index (κ2) is 7.86. The zero-order valence-electron chi connectivity index (χ0n) is 13.2. The molecule has 0 spiro atoms. The minimum Gasteiger partial charge on any atom is -0.368 e. The molecule has 0 atom stereocenters. The van der Waals surface area contributed by atoms with Crippen LogP contribution in [0.3, 0.4) is 0 Å². The Kier molecular flexibility index (Phi) is 6.12. The van der Waals surface area contributed by atoms with Crippen LogP contribution < -0.4 is 4.90 Å². The zero-order chi connectivity index (χ0) is 16.0. The molecule has 1 heterocycles. The Labute approximate surface area is 130 Å². The summed E-state index contributed by atoms with van der Waals surface area (Å²) in [6, 6.07) is 5.89. The molecule has 0 radical (unpaired) electrons. The highest BCUT2D eigenvalue weighted by Gasteiger charge is 2.35. The molecule has 1 aliphatic rings. The van der Waals surface area contributed by atoms with Gasteiger partial charge in [0, 0.05) is 31.9 Å². The van der Waals surface area contributed by atoms with Crippen LogP contribution in [-0.2, 0) is 6.18 Å². The minimum absolute atomic E-state index is 0.320. The van der Waals surface area contributed by atoms with Gasteiger partial charge in [-0.3, -0.25) is 4.90 Å². The van der Waals surface area contributed by atoms with Gasteiger partial charge in [0.2, 0.25) is 0 Å². The van der Waals surface area contributed by atoms with E-state index in [4.69, 9.17) is 0 Å². The van der Waals surface area contributed by atoms with Gasteiger partial charge in [-0.15, -0.1) is 0 Å². The first-order valence-corrected chi connectivity index (χ1v) is 8.16. The van der Waals surface area contributed by atoms with Gasteiger partial charge in [0.1, 0.15) is 0 Å². The monoisotopic (exact) mass is 314 g/mol. The van der Waals surface area contributed by atoms with Gasteiger partial charge in [0.25, 0.3) is 0 Å². The van der Waals surface area contributed by atoms with Crippen molar-refractivity contribution in [1.82, 2.24) is 4.90 Å². The maximum absolute atomic E-state index is 13.1. The third-order valence-electron chi connectivity index (χ3n) is 4.25. The summed E-state index contributed by atoms with van der Waals surface area (Å²) in [4.78, 5) is 4.23. The van der Waals surface area contributed by atoms with Crippen LogP contribution in [0.15, 0.2) is 24.3 Å². The summed E-state index contributed by atoms with van der Waals surface area (Å²) in [7, 11) is 0. The van der Waals surface area contributed by atoms with Crippen LogP contribution in [0.25, 0.3) is 0 Å². The van der Waals surface area contributed by atoms with Gasteiger partial charge in [-0.2, -0.15) is 13.2 Å². The molecule has 1 aliphatic heterocycles.